The van der Waals surface area contributed by atoms with E-state index in [9.17, 15) is 0 Å². The van der Waals surface area contributed by atoms with Crippen molar-refractivity contribution in [1.82, 2.24) is 0 Å². The molecule has 26 heavy (non-hydrogen) atoms. The first kappa shape index (κ1) is 18.4. The van der Waals surface area contributed by atoms with Crippen LogP contribution in [0.15, 0.2) is 30.3 Å². The normalized spacial score (nSPS) is 39.4. The Morgan fingerprint density at radius 2 is 1.96 bits per heavy atom. The standard InChI is InChI=1S/C21H30O5/c1-20-13-11-17-9-6-10-18(21(17,26-25-20)19(22-2)24-20)12-14-23-15-16-7-4-3-5-8-16/h3-5,7-8,17-19H,6,9-15H2,1-2H3/t17-,18+,19+,20-,21-/m1/s1. The lowest BCUT2D eigenvalue weighted by Gasteiger charge is -2.53. The molecule has 0 amide bonds. The quantitative estimate of drug-likeness (QED) is 0.560. The number of hydrogen-bond acceptors (Lipinski definition) is 5. The zero-order valence-corrected chi connectivity index (χ0v) is 15.8. The van der Waals surface area contributed by atoms with Gasteiger partial charge in [-0.3, -0.25) is 0 Å². The maximum Gasteiger partial charge on any atom is 0.201 e. The first-order valence-corrected chi connectivity index (χ1v) is 9.85. The largest absolute Gasteiger partial charge is 0.377 e. The summed E-state index contributed by atoms with van der Waals surface area (Å²) in [6.07, 6.45) is 5.89. The monoisotopic (exact) mass is 362 g/mol. The molecule has 5 rings (SSSR count). The molecule has 5 nitrogen and oxygen atoms in total. The number of benzene rings is 1. The molecule has 3 saturated heterocycles. The van der Waals surface area contributed by atoms with Crippen LogP contribution in [0.3, 0.4) is 0 Å². The second kappa shape index (κ2) is 7.56. The SMILES string of the molecule is CO[C@H]1O[C@@]2(C)CC[C@H]3CCC[C@@H](CCOCc4ccccc4)[C@]31OO2. The third-order valence-electron chi connectivity index (χ3n) is 6.35. The molecule has 1 spiro atoms. The highest BCUT2D eigenvalue weighted by Crippen LogP contribution is 2.55. The minimum absolute atomic E-state index is 0.310. The zero-order valence-electron chi connectivity index (χ0n) is 15.8. The van der Waals surface area contributed by atoms with Crippen molar-refractivity contribution in [3.8, 4) is 0 Å². The van der Waals surface area contributed by atoms with Crippen molar-refractivity contribution < 1.29 is 24.0 Å². The van der Waals surface area contributed by atoms with Crippen LogP contribution in [0.2, 0.25) is 0 Å². The second-order valence-corrected chi connectivity index (χ2v) is 8.03. The van der Waals surface area contributed by atoms with Crippen molar-refractivity contribution in [2.75, 3.05) is 13.7 Å². The fourth-order valence-corrected chi connectivity index (χ4v) is 4.95. The first-order valence-electron chi connectivity index (χ1n) is 9.85. The Balaban J connectivity index is 1.43. The Morgan fingerprint density at radius 3 is 2.77 bits per heavy atom. The fourth-order valence-electron chi connectivity index (χ4n) is 4.95. The molecule has 0 radical (unpaired) electrons. The summed E-state index contributed by atoms with van der Waals surface area (Å²) in [5, 5.41) is 0. The van der Waals surface area contributed by atoms with Crippen LogP contribution in [0.1, 0.15) is 51.0 Å². The maximum absolute atomic E-state index is 6.20. The van der Waals surface area contributed by atoms with Crippen LogP contribution in [0.5, 0.6) is 0 Å². The van der Waals surface area contributed by atoms with Gasteiger partial charge in [-0.1, -0.05) is 36.8 Å². The number of rotatable bonds is 6. The van der Waals surface area contributed by atoms with E-state index >= 15 is 0 Å². The van der Waals surface area contributed by atoms with E-state index in [0.29, 0.717) is 25.0 Å². The van der Waals surface area contributed by atoms with Crippen molar-refractivity contribution in [2.45, 2.75) is 69.7 Å². The lowest BCUT2D eigenvalue weighted by molar-refractivity contribution is -0.554. The van der Waals surface area contributed by atoms with Gasteiger partial charge in [-0.05, 0) is 50.0 Å². The highest BCUT2D eigenvalue weighted by atomic mass is 17.3. The molecule has 1 aromatic rings. The molecule has 5 heteroatoms. The van der Waals surface area contributed by atoms with Gasteiger partial charge in [0.05, 0.1) is 6.61 Å². The Hall–Kier alpha value is -0.980. The molecule has 0 N–H and O–H groups in total. The molecule has 1 aliphatic carbocycles. The smallest absolute Gasteiger partial charge is 0.201 e. The van der Waals surface area contributed by atoms with Gasteiger partial charge in [-0.2, -0.15) is 0 Å². The van der Waals surface area contributed by atoms with Crippen molar-refractivity contribution in [3.63, 3.8) is 0 Å². The van der Waals surface area contributed by atoms with E-state index in [1.54, 1.807) is 7.11 Å². The first-order chi connectivity index (χ1) is 12.7. The van der Waals surface area contributed by atoms with E-state index in [1.807, 2.05) is 25.1 Å². The molecule has 3 aliphatic heterocycles. The molecular formula is C21H30O5. The summed E-state index contributed by atoms with van der Waals surface area (Å²) in [5.41, 5.74) is 0.687. The summed E-state index contributed by atoms with van der Waals surface area (Å²) >= 11 is 0. The van der Waals surface area contributed by atoms with Crippen LogP contribution in [-0.2, 0) is 30.6 Å². The molecule has 3 heterocycles. The van der Waals surface area contributed by atoms with Gasteiger partial charge in [-0.15, -0.1) is 0 Å². The van der Waals surface area contributed by atoms with Crippen LogP contribution >= 0.6 is 0 Å². The van der Waals surface area contributed by atoms with Crippen molar-refractivity contribution >= 4 is 0 Å². The van der Waals surface area contributed by atoms with Gasteiger partial charge in [-0.25, -0.2) is 9.78 Å². The summed E-state index contributed by atoms with van der Waals surface area (Å²) in [5.74, 6) is 0.0201. The maximum atomic E-state index is 6.20. The number of methoxy groups -OCH3 is 1. The van der Waals surface area contributed by atoms with Gasteiger partial charge in [0.1, 0.15) is 0 Å². The van der Waals surface area contributed by atoms with Gasteiger partial charge in [0.25, 0.3) is 0 Å². The molecule has 4 aliphatic rings. The van der Waals surface area contributed by atoms with Crippen LogP contribution in [0, 0.1) is 11.8 Å². The molecule has 144 valence electrons. The highest BCUT2D eigenvalue weighted by Gasteiger charge is 2.63. The van der Waals surface area contributed by atoms with Crippen molar-refractivity contribution in [1.29, 1.82) is 0 Å². The zero-order chi connectivity index (χ0) is 18.0. The predicted octanol–water partition coefficient (Wildman–Crippen LogP) is 4.21. The third kappa shape index (κ3) is 3.32. The molecular weight excluding hydrogens is 332 g/mol. The van der Waals surface area contributed by atoms with Crippen molar-refractivity contribution in [2.24, 2.45) is 11.8 Å². The predicted molar refractivity (Wildman–Crippen MR) is 96.0 cm³/mol. The lowest BCUT2D eigenvalue weighted by atomic mass is 9.65. The second-order valence-electron chi connectivity index (χ2n) is 8.03. The van der Waals surface area contributed by atoms with Gasteiger partial charge in [0, 0.05) is 20.1 Å². The summed E-state index contributed by atoms with van der Waals surface area (Å²) in [4.78, 5) is 11.9. The Kier molecular flexibility index (Phi) is 5.35. The summed E-state index contributed by atoms with van der Waals surface area (Å²) < 4.78 is 17.9. The van der Waals surface area contributed by atoms with Crippen LogP contribution in [0.4, 0.5) is 0 Å². The van der Waals surface area contributed by atoms with E-state index in [1.165, 1.54) is 12.0 Å². The average Bonchev–Trinajstić information content (AvgIpc) is 2.90. The van der Waals surface area contributed by atoms with E-state index in [2.05, 4.69) is 12.1 Å². The Labute approximate surface area is 155 Å². The average molecular weight is 362 g/mol. The lowest BCUT2D eigenvalue weighted by Crippen LogP contribution is -2.63. The molecule has 5 atom stereocenters. The summed E-state index contributed by atoms with van der Waals surface area (Å²) in [6, 6.07) is 10.3. The van der Waals surface area contributed by atoms with Crippen LogP contribution in [-0.4, -0.2) is 31.4 Å². The molecule has 0 aromatic heterocycles. The summed E-state index contributed by atoms with van der Waals surface area (Å²) in [7, 11) is 1.71. The van der Waals surface area contributed by atoms with Crippen molar-refractivity contribution in [3.05, 3.63) is 35.9 Å². The molecule has 1 aromatic carbocycles. The number of ether oxygens (including phenoxy) is 3. The van der Waals surface area contributed by atoms with Gasteiger partial charge < -0.3 is 14.2 Å². The van der Waals surface area contributed by atoms with Crippen LogP contribution < -0.4 is 0 Å². The Morgan fingerprint density at radius 1 is 1.12 bits per heavy atom. The van der Waals surface area contributed by atoms with E-state index in [0.717, 1.165) is 32.1 Å². The van der Waals surface area contributed by atoms with E-state index in [4.69, 9.17) is 24.0 Å². The molecule has 2 bridgehead atoms. The van der Waals surface area contributed by atoms with E-state index < -0.39 is 11.4 Å². The molecule has 1 saturated carbocycles. The van der Waals surface area contributed by atoms with Gasteiger partial charge in [0.15, 0.2) is 11.9 Å². The minimum atomic E-state index is -0.697. The summed E-state index contributed by atoms with van der Waals surface area (Å²) in [6.45, 7) is 3.29. The highest BCUT2D eigenvalue weighted by molar-refractivity contribution is 5.13. The number of fused-ring (bicyclic) bond motifs is 3. The van der Waals surface area contributed by atoms with E-state index in [-0.39, 0.29) is 6.29 Å². The van der Waals surface area contributed by atoms with Gasteiger partial charge in [0.2, 0.25) is 5.79 Å². The molecule has 0 unspecified atom stereocenters. The topological polar surface area (TPSA) is 46.2 Å². The van der Waals surface area contributed by atoms with Crippen LogP contribution in [0.25, 0.3) is 0 Å². The number of hydrogen-bond donors (Lipinski definition) is 0. The minimum Gasteiger partial charge on any atom is -0.377 e. The molecule has 4 fully saturated rings. The third-order valence-corrected chi connectivity index (χ3v) is 6.35. The Bertz CT molecular complexity index is 593. The van der Waals surface area contributed by atoms with Gasteiger partial charge >= 0.3 is 0 Å². The fraction of sp³-hybridized carbons (Fsp3) is 0.714.